The molecule has 0 unspecified atom stereocenters. The van der Waals surface area contributed by atoms with Gasteiger partial charge in [-0.3, -0.25) is 4.79 Å². The van der Waals surface area contributed by atoms with Crippen molar-refractivity contribution in [2.45, 2.75) is 38.5 Å². The lowest BCUT2D eigenvalue weighted by Gasteiger charge is -2.27. The van der Waals surface area contributed by atoms with Crippen molar-refractivity contribution in [3.8, 4) is 0 Å². The number of rotatable bonds is 5. The lowest BCUT2D eigenvalue weighted by Crippen LogP contribution is -2.44. The first-order valence-electron chi connectivity index (χ1n) is 8.42. The maximum Gasteiger partial charge on any atom is 0.416 e. The Balaban J connectivity index is 1.63. The molecule has 0 bridgehead atoms. The number of ether oxygens (including phenoxy) is 3. The molecule has 0 N–H and O–H groups in total. The average Bonchev–Trinajstić information content (AvgIpc) is 2.96. The monoisotopic (exact) mass is 333 g/mol. The van der Waals surface area contributed by atoms with Gasteiger partial charge in [0.15, 0.2) is 6.29 Å². The van der Waals surface area contributed by atoms with Gasteiger partial charge in [-0.25, -0.2) is 9.69 Å². The minimum atomic E-state index is -0.557. The molecule has 0 radical (unpaired) electrons. The van der Waals surface area contributed by atoms with Crippen LogP contribution >= 0.6 is 0 Å². The third kappa shape index (κ3) is 3.94. The summed E-state index contributed by atoms with van der Waals surface area (Å²) in [6, 6.07) is 9.54. The van der Waals surface area contributed by atoms with E-state index in [0.717, 1.165) is 12.0 Å². The van der Waals surface area contributed by atoms with Crippen molar-refractivity contribution in [1.29, 1.82) is 0 Å². The van der Waals surface area contributed by atoms with Crippen molar-refractivity contribution in [3.05, 3.63) is 35.9 Å². The van der Waals surface area contributed by atoms with Crippen LogP contribution in [-0.4, -0.2) is 49.1 Å². The molecular formula is C18H23NO5. The molecule has 2 fully saturated rings. The normalized spacial score (nSPS) is 23.1. The Morgan fingerprint density at radius 1 is 1.25 bits per heavy atom. The SMILES string of the molecule is C[C@@H](CC1OCCCO1)C(=O)N1C(=O)OC[C@H]1Cc1ccccc1. The van der Waals surface area contributed by atoms with Gasteiger partial charge in [0.1, 0.15) is 6.61 Å². The molecule has 24 heavy (non-hydrogen) atoms. The molecule has 2 amide bonds. The second-order valence-electron chi connectivity index (χ2n) is 6.29. The Hall–Kier alpha value is -1.92. The van der Waals surface area contributed by atoms with E-state index in [1.54, 1.807) is 6.92 Å². The second kappa shape index (κ2) is 7.77. The zero-order chi connectivity index (χ0) is 16.9. The van der Waals surface area contributed by atoms with E-state index in [4.69, 9.17) is 14.2 Å². The standard InChI is InChI=1S/C18H23NO5/c1-13(10-16-22-8-5-9-23-16)17(20)19-15(12-24-18(19)21)11-14-6-3-2-4-7-14/h2-4,6-7,13,15-16H,5,8-12H2,1H3/t13-,15+/m0/s1. The van der Waals surface area contributed by atoms with E-state index < -0.39 is 6.09 Å². The van der Waals surface area contributed by atoms with Gasteiger partial charge in [0.2, 0.25) is 5.91 Å². The van der Waals surface area contributed by atoms with E-state index in [1.807, 2.05) is 30.3 Å². The summed E-state index contributed by atoms with van der Waals surface area (Å²) in [6.07, 6.45) is 0.987. The largest absolute Gasteiger partial charge is 0.447 e. The van der Waals surface area contributed by atoms with Crippen molar-refractivity contribution in [1.82, 2.24) is 4.90 Å². The minimum absolute atomic E-state index is 0.226. The molecule has 2 aliphatic rings. The smallest absolute Gasteiger partial charge is 0.416 e. The van der Waals surface area contributed by atoms with E-state index in [0.29, 0.717) is 26.1 Å². The van der Waals surface area contributed by atoms with Crippen LogP contribution in [0, 0.1) is 5.92 Å². The molecular weight excluding hydrogens is 310 g/mol. The van der Waals surface area contributed by atoms with Crippen LogP contribution < -0.4 is 0 Å². The lowest BCUT2D eigenvalue weighted by atomic mass is 10.0. The van der Waals surface area contributed by atoms with E-state index >= 15 is 0 Å². The average molecular weight is 333 g/mol. The third-order valence-electron chi connectivity index (χ3n) is 4.38. The fraction of sp³-hybridized carbons (Fsp3) is 0.556. The molecule has 6 heteroatoms. The van der Waals surface area contributed by atoms with Crippen molar-refractivity contribution in [2.75, 3.05) is 19.8 Å². The number of carbonyl (C=O) groups excluding carboxylic acids is 2. The van der Waals surface area contributed by atoms with E-state index in [1.165, 1.54) is 4.90 Å². The summed E-state index contributed by atoms with van der Waals surface area (Å²) in [5, 5.41) is 0. The fourth-order valence-electron chi connectivity index (χ4n) is 3.07. The Morgan fingerprint density at radius 3 is 2.67 bits per heavy atom. The molecule has 0 saturated carbocycles. The maximum absolute atomic E-state index is 12.7. The van der Waals surface area contributed by atoms with Gasteiger partial charge in [-0.15, -0.1) is 0 Å². The first-order chi connectivity index (χ1) is 11.6. The van der Waals surface area contributed by atoms with Gasteiger partial charge in [0, 0.05) is 12.3 Å². The topological polar surface area (TPSA) is 65.1 Å². The van der Waals surface area contributed by atoms with Crippen LogP contribution in [-0.2, 0) is 25.4 Å². The zero-order valence-electron chi connectivity index (χ0n) is 13.8. The molecule has 2 heterocycles. The molecule has 2 aliphatic heterocycles. The number of nitrogens with zero attached hydrogens (tertiary/aromatic N) is 1. The van der Waals surface area contributed by atoms with Crippen LogP contribution in [0.25, 0.3) is 0 Å². The highest BCUT2D eigenvalue weighted by atomic mass is 16.7. The van der Waals surface area contributed by atoms with Crippen LogP contribution in [0.1, 0.15) is 25.3 Å². The number of imide groups is 1. The third-order valence-corrected chi connectivity index (χ3v) is 4.38. The molecule has 2 atom stereocenters. The maximum atomic E-state index is 12.7. The molecule has 2 saturated heterocycles. The molecule has 0 spiro atoms. The van der Waals surface area contributed by atoms with Crippen LogP contribution in [0.4, 0.5) is 4.79 Å². The Bertz CT molecular complexity index is 570. The Kier molecular flexibility index (Phi) is 5.48. The number of hydrogen-bond donors (Lipinski definition) is 0. The van der Waals surface area contributed by atoms with Crippen LogP contribution in [0.15, 0.2) is 30.3 Å². The Morgan fingerprint density at radius 2 is 1.96 bits per heavy atom. The number of carbonyl (C=O) groups is 2. The van der Waals surface area contributed by atoms with Gasteiger partial charge in [-0.1, -0.05) is 37.3 Å². The van der Waals surface area contributed by atoms with Crippen molar-refractivity contribution < 1.29 is 23.8 Å². The quantitative estimate of drug-likeness (QED) is 0.828. The first-order valence-corrected chi connectivity index (χ1v) is 8.42. The molecule has 1 aromatic rings. The van der Waals surface area contributed by atoms with Crippen molar-refractivity contribution in [3.63, 3.8) is 0 Å². The van der Waals surface area contributed by atoms with Crippen LogP contribution in [0.5, 0.6) is 0 Å². The molecule has 3 rings (SSSR count). The molecule has 130 valence electrons. The summed E-state index contributed by atoms with van der Waals surface area (Å²) in [4.78, 5) is 26.0. The summed E-state index contributed by atoms with van der Waals surface area (Å²) in [5.74, 6) is -0.590. The van der Waals surface area contributed by atoms with Crippen LogP contribution in [0.3, 0.4) is 0 Å². The van der Waals surface area contributed by atoms with Gasteiger partial charge in [-0.05, 0) is 18.4 Å². The highest BCUT2D eigenvalue weighted by molar-refractivity contribution is 5.94. The van der Waals surface area contributed by atoms with Gasteiger partial charge in [-0.2, -0.15) is 0 Å². The predicted octanol–water partition coefficient (Wildman–Crippen LogP) is 2.37. The van der Waals surface area contributed by atoms with Gasteiger partial charge < -0.3 is 14.2 Å². The first kappa shape index (κ1) is 16.9. The van der Waals surface area contributed by atoms with Gasteiger partial charge >= 0.3 is 6.09 Å². The van der Waals surface area contributed by atoms with Crippen molar-refractivity contribution >= 4 is 12.0 Å². The number of amides is 2. The fourth-order valence-corrected chi connectivity index (χ4v) is 3.07. The van der Waals surface area contributed by atoms with Crippen molar-refractivity contribution in [2.24, 2.45) is 5.92 Å². The molecule has 6 nitrogen and oxygen atoms in total. The van der Waals surface area contributed by atoms with E-state index in [2.05, 4.69) is 0 Å². The summed E-state index contributed by atoms with van der Waals surface area (Å²) < 4.78 is 16.1. The molecule has 0 aliphatic carbocycles. The number of cyclic esters (lactones) is 1. The van der Waals surface area contributed by atoms with E-state index in [-0.39, 0.29) is 30.8 Å². The highest BCUT2D eigenvalue weighted by Crippen LogP contribution is 2.23. The number of benzene rings is 1. The van der Waals surface area contributed by atoms with Crippen LogP contribution in [0.2, 0.25) is 0 Å². The summed E-state index contributed by atoms with van der Waals surface area (Å²) in [7, 11) is 0. The summed E-state index contributed by atoms with van der Waals surface area (Å²) >= 11 is 0. The van der Waals surface area contributed by atoms with Gasteiger partial charge in [0.05, 0.1) is 19.3 Å². The van der Waals surface area contributed by atoms with Gasteiger partial charge in [0.25, 0.3) is 0 Å². The lowest BCUT2D eigenvalue weighted by molar-refractivity contribution is -0.188. The second-order valence-corrected chi connectivity index (χ2v) is 6.29. The predicted molar refractivity (Wildman–Crippen MR) is 86.2 cm³/mol. The Labute approximate surface area is 141 Å². The number of hydrogen-bond acceptors (Lipinski definition) is 5. The molecule has 1 aromatic carbocycles. The van der Waals surface area contributed by atoms with E-state index in [9.17, 15) is 9.59 Å². The summed E-state index contributed by atoms with van der Waals surface area (Å²) in [6.45, 7) is 3.33. The molecule has 0 aromatic heterocycles. The zero-order valence-corrected chi connectivity index (χ0v) is 13.8. The minimum Gasteiger partial charge on any atom is -0.447 e. The summed E-state index contributed by atoms with van der Waals surface area (Å²) in [5.41, 5.74) is 1.07. The highest BCUT2D eigenvalue weighted by Gasteiger charge is 2.40.